The number of ether oxygens (including phenoxy) is 3. The van der Waals surface area contributed by atoms with Crippen LogP contribution in [0.5, 0.6) is 0 Å². The van der Waals surface area contributed by atoms with E-state index in [1.54, 1.807) is 42.5 Å². The molecular weight excluding hydrogens is 1480 g/mol. The van der Waals surface area contributed by atoms with Crippen LogP contribution in [0, 0.1) is 0 Å². The highest BCUT2D eigenvalue weighted by Gasteiger charge is 2.42. The van der Waals surface area contributed by atoms with Gasteiger partial charge in [0.2, 0.25) is 0 Å². The normalized spacial score (nSPS) is 17.8. The number of benzene rings is 4. The Labute approximate surface area is 684 Å². The van der Waals surface area contributed by atoms with E-state index in [0.717, 1.165) is 160 Å². The number of aryl methyl sites for hydroxylation is 4. The molecular formula is C90H110N18O9. The monoisotopic (exact) mass is 1590 g/mol. The van der Waals surface area contributed by atoms with Crippen LogP contribution in [0.25, 0.3) is 44.3 Å². The molecule has 12 heterocycles. The summed E-state index contributed by atoms with van der Waals surface area (Å²) in [4.78, 5) is 99.5. The maximum absolute atomic E-state index is 13.5. The number of nitrogens with zero attached hydrogens (tertiary/aromatic N) is 10. The van der Waals surface area contributed by atoms with Crippen LogP contribution in [0.2, 0.25) is 0 Å². The van der Waals surface area contributed by atoms with Crippen LogP contribution < -0.4 is 42.5 Å². The molecule has 0 radical (unpaired) electrons. The highest BCUT2D eigenvalue weighted by atomic mass is 16.6. The van der Waals surface area contributed by atoms with Gasteiger partial charge in [-0.25, -0.2) is 34.1 Å². The summed E-state index contributed by atoms with van der Waals surface area (Å²) in [5.41, 5.74) is 15.3. The number of fused-ring (bicyclic) bond motifs is 6. The zero-order valence-corrected chi connectivity index (χ0v) is 67.3. The molecule has 6 fully saturated rings. The van der Waals surface area contributed by atoms with E-state index in [1.165, 1.54) is 12.0 Å². The predicted molar refractivity (Wildman–Crippen MR) is 453 cm³/mol. The molecule has 5 amide bonds. The number of hydrogen-bond acceptors (Lipinski definition) is 20. The lowest BCUT2D eigenvalue weighted by Crippen LogP contribution is -2.48. The largest absolute Gasteiger partial charge is 0.444 e. The number of nitrogens with one attached hydrogen (secondary N) is 8. The smallest absolute Gasteiger partial charge is 0.410 e. The fraction of sp³-hybridized carbons (Fsp3) is 0.422. The quantitative estimate of drug-likeness (QED) is 0.0246. The average Bonchev–Trinajstić information content (AvgIpc) is 1.65. The summed E-state index contributed by atoms with van der Waals surface area (Å²) in [6, 6.07) is 44.5. The first-order valence-electron chi connectivity index (χ1n) is 40.9. The molecule has 0 unspecified atom stereocenters. The van der Waals surface area contributed by atoms with Gasteiger partial charge in [-0.15, -0.1) is 0 Å². The highest BCUT2D eigenvalue weighted by molar-refractivity contribution is 5.98. The van der Waals surface area contributed by atoms with Crippen LogP contribution in [0.4, 0.5) is 16.2 Å². The summed E-state index contributed by atoms with van der Waals surface area (Å²) >= 11 is 0. The van der Waals surface area contributed by atoms with Gasteiger partial charge in [0, 0.05) is 163 Å². The Hall–Kier alpha value is -11.4. The number of aromatic nitrogens is 8. The third kappa shape index (κ3) is 20.5. The summed E-state index contributed by atoms with van der Waals surface area (Å²) in [5, 5.41) is 37.4. The van der Waals surface area contributed by atoms with Crippen molar-refractivity contribution in [3.8, 4) is 22.3 Å². The summed E-state index contributed by atoms with van der Waals surface area (Å²) in [7, 11) is 0. The van der Waals surface area contributed by atoms with E-state index in [1.807, 2.05) is 109 Å². The van der Waals surface area contributed by atoms with E-state index in [0.29, 0.717) is 88.6 Å². The number of hydrogen-bond donors (Lipinski definition) is 8. The van der Waals surface area contributed by atoms with Crippen molar-refractivity contribution in [2.24, 2.45) is 0 Å². The molecule has 6 saturated heterocycles. The predicted octanol–water partition coefficient (Wildman–Crippen LogP) is 12.0. The standard InChI is InChI=1S/C42H49N9O3.C37H39N7O4.C10H18N2O2.CH4/c1-3-36-34(39(47-31-14-16-54-17-15-31)35-24-46-51(4-2)40(35)49-36)23-45-42(53)38-13-7-12-37(48-38)41(52)44-21-27-8-5-10-29(18-27)30-11-6-9-28(19-30)25-50-26-32-20-33(50)22-43-32;1-3-31-29(34(41-28-14-16-48-17-15-28)30-22-40-44(4-2)35(30)43-31)21-39-37(47)33-13-7-12-32(42-33)36(46)38-20-24-8-5-10-26(18-24)27-11-6-9-25(19-27)23-45;1-10(2,3)14-9(13)12-6-7-4-8(12)5-11-7;/h5-13,18-19,24,31-33,43H,3-4,14-17,20-23,25-26H2,1-2H3,(H,44,52)(H,45,53)(H,47,49);5-13,18-19,22-23,28H,3-4,14-17,20-21H2,1-2H3,(H,38,46)(H,39,47)(H,41,43);7-8,11H,4-6H2,1-3H3;1H4/t32-,33-;;7-,8-;/m1.1./s1. The maximum Gasteiger partial charge on any atom is 0.410 e. The van der Waals surface area contributed by atoms with Crippen LogP contribution in [0.3, 0.4) is 0 Å². The van der Waals surface area contributed by atoms with Crippen molar-refractivity contribution in [1.82, 2.24) is 81.2 Å². The zero-order chi connectivity index (χ0) is 80.8. The van der Waals surface area contributed by atoms with E-state index < -0.39 is 11.8 Å². The van der Waals surface area contributed by atoms with E-state index in [4.69, 9.17) is 24.2 Å². The Morgan fingerprint density at radius 3 is 1.32 bits per heavy atom. The number of rotatable bonds is 25. The van der Waals surface area contributed by atoms with Gasteiger partial charge in [-0.1, -0.05) is 106 Å². The van der Waals surface area contributed by atoms with Crippen molar-refractivity contribution in [3.05, 3.63) is 213 Å². The molecule has 4 bridgehead atoms. The zero-order valence-electron chi connectivity index (χ0n) is 67.3. The molecule has 4 aromatic carbocycles. The lowest BCUT2D eigenvalue weighted by atomic mass is 10.0. The first-order valence-corrected chi connectivity index (χ1v) is 40.9. The van der Waals surface area contributed by atoms with Gasteiger partial charge in [-0.2, -0.15) is 10.2 Å². The third-order valence-corrected chi connectivity index (χ3v) is 22.2. The van der Waals surface area contributed by atoms with Crippen molar-refractivity contribution in [2.45, 2.75) is 195 Å². The number of carbonyl (C=O) groups excluding carboxylic acids is 6. The summed E-state index contributed by atoms with van der Waals surface area (Å²) < 4.78 is 20.3. The number of amides is 5. The van der Waals surface area contributed by atoms with Crippen LogP contribution in [-0.2, 0) is 72.9 Å². The topological polar surface area (TPSA) is 320 Å². The molecule has 6 aliphatic rings. The first-order chi connectivity index (χ1) is 56.4. The molecule has 0 spiro atoms. The van der Waals surface area contributed by atoms with E-state index in [-0.39, 0.29) is 85.4 Å². The second kappa shape index (κ2) is 38.6. The molecule has 0 saturated carbocycles. The Balaban J connectivity index is 0.000000173. The third-order valence-electron chi connectivity index (χ3n) is 22.2. The number of likely N-dealkylation sites (tertiary alicyclic amines) is 2. The Morgan fingerprint density at radius 1 is 0.513 bits per heavy atom. The lowest BCUT2D eigenvalue weighted by molar-refractivity contribution is 0.0204. The number of anilines is 2. The fourth-order valence-electron chi connectivity index (χ4n) is 16.2. The average molecular weight is 1590 g/mol. The van der Waals surface area contributed by atoms with Gasteiger partial charge >= 0.3 is 6.09 Å². The number of piperazine rings is 2. The lowest BCUT2D eigenvalue weighted by Gasteiger charge is -2.30. The van der Waals surface area contributed by atoms with Crippen molar-refractivity contribution in [2.75, 3.05) is 63.2 Å². The fourth-order valence-corrected chi connectivity index (χ4v) is 16.2. The molecule has 27 nitrogen and oxygen atoms in total. The maximum atomic E-state index is 13.5. The van der Waals surface area contributed by atoms with Gasteiger partial charge in [0.15, 0.2) is 11.3 Å². The molecule has 27 heteroatoms. The van der Waals surface area contributed by atoms with E-state index in [9.17, 15) is 28.8 Å². The van der Waals surface area contributed by atoms with Crippen molar-refractivity contribution in [1.29, 1.82) is 0 Å². The second-order valence-electron chi connectivity index (χ2n) is 31.4. The van der Waals surface area contributed by atoms with Crippen molar-refractivity contribution in [3.63, 3.8) is 0 Å². The minimum absolute atomic E-state index is 0. The molecule has 8 N–H and O–H groups in total. The van der Waals surface area contributed by atoms with Gasteiger partial charge < -0.3 is 61.6 Å². The first kappa shape index (κ1) is 83.6. The van der Waals surface area contributed by atoms with Crippen molar-refractivity contribution < 1.29 is 43.0 Å². The summed E-state index contributed by atoms with van der Waals surface area (Å²) in [6.45, 7) is 24.1. The van der Waals surface area contributed by atoms with Gasteiger partial charge in [0.1, 0.15) is 34.7 Å². The van der Waals surface area contributed by atoms with Gasteiger partial charge in [-0.05, 0) is 173 Å². The SMILES string of the molecule is C.CC(C)(C)OC(=O)N1C[C@H]2C[C@@H]1CN2.CCc1nc2c(cnn2CC)c(NC2CCOCC2)c1CNC(=O)c1cccc(C(=O)NCc2cccc(-c3cccc(C=O)c3)c2)n1.CCc1nc2c(cnn2CC)c(NC2CCOCC2)c1CNC(=O)c1cccc(C(=O)NCc2cccc(-c3cccc(CN4C[C@H]5C[C@@H]4CN5)c3)c2)n1. The molecule has 0 aliphatic carbocycles. The molecule has 614 valence electrons. The molecule has 117 heavy (non-hydrogen) atoms. The van der Waals surface area contributed by atoms with Crippen LogP contribution >= 0.6 is 0 Å². The Morgan fingerprint density at radius 2 is 0.923 bits per heavy atom. The minimum atomic E-state index is -0.392. The summed E-state index contributed by atoms with van der Waals surface area (Å²) in [5.74, 6) is -1.49. The molecule has 4 atom stereocenters. The molecule has 6 aromatic heterocycles. The molecule has 10 aromatic rings. The number of carbonyl (C=O) groups is 6. The molecule has 6 aliphatic heterocycles. The minimum Gasteiger partial charge on any atom is -0.444 e. The van der Waals surface area contributed by atoms with Gasteiger partial charge in [-0.3, -0.25) is 28.9 Å². The summed E-state index contributed by atoms with van der Waals surface area (Å²) in [6.07, 6.45) is 11.6. The van der Waals surface area contributed by atoms with Crippen LogP contribution in [-0.4, -0.2) is 180 Å². The Bertz CT molecular complexity index is 5180. The molecule has 16 rings (SSSR count). The van der Waals surface area contributed by atoms with Crippen LogP contribution in [0.15, 0.2) is 146 Å². The number of aldehydes is 1. The van der Waals surface area contributed by atoms with E-state index >= 15 is 0 Å². The van der Waals surface area contributed by atoms with Gasteiger partial charge in [0.05, 0.1) is 34.5 Å². The van der Waals surface area contributed by atoms with E-state index in [2.05, 4.69) is 125 Å². The number of pyridine rings is 4. The second-order valence-corrected chi connectivity index (χ2v) is 31.4. The van der Waals surface area contributed by atoms with Gasteiger partial charge in [0.25, 0.3) is 23.6 Å². The highest BCUT2D eigenvalue weighted by Crippen LogP contribution is 2.35. The van der Waals surface area contributed by atoms with Crippen molar-refractivity contribution >= 4 is 69.4 Å². The van der Waals surface area contributed by atoms with Crippen LogP contribution in [0.1, 0.15) is 186 Å². The Kier molecular flexibility index (Phi) is 27.6.